The summed E-state index contributed by atoms with van der Waals surface area (Å²) >= 11 is 0. The zero-order chi connectivity index (χ0) is 22.9. The summed E-state index contributed by atoms with van der Waals surface area (Å²) in [5, 5.41) is 8.77. The van der Waals surface area contributed by atoms with E-state index >= 15 is 0 Å². The number of nitrogens with one attached hydrogen (secondary N) is 1. The van der Waals surface area contributed by atoms with Crippen LogP contribution in [0, 0.1) is 11.3 Å². The van der Waals surface area contributed by atoms with Crippen molar-refractivity contribution >= 4 is 35.8 Å². The van der Waals surface area contributed by atoms with Crippen LogP contribution in [0.2, 0.25) is 0 Å². The zero-order valence-electron chi connectivity index (χ0n) is 15.9. The Hall–Kier alpha value is -2.79. The molecule has 10 nitrogen and oxygen atoms in total. The Balaban J connectivity index is 1.76. The predicted molar refractivity (Wildman–Crippen MR) is 110 cm³/mol. The van der Waals surface area contributed by atoms with Gasteiger partial charge in [0.25, 0.3) is 15.9 Å². The number of sulfone groups is 1. The Morgan fingerprint density at radius 3 is 1.94 bits per heavy atom. The van der Waals surface area contributed by atoms with Gasteiger partial charge in [0.15, 0.2) is 9.84 Å². The average molecular weight is 484 g/mol. The van der Waals surface area contributed by atoms with Crippen LogP contribution in [0.3, 0.4) is 0 Å². The van der Waals surface area contributed by atoms with E-state index in [1.54, 1.807) is 0 Å². The summed E-state index contributed by atoms with van der Waals surface area (Å²) in [6.07, 6.45) is 0. The van der Waals surface area contributed by atoms with Crippen molar-refractivity contribution in [2.75, 3.05) is 24.6 Å². The van der Waals surface area contributed by atoms with E-state index < -0.39 is 35.8 Å². The number of carbonyl (C=O) groups excluding carboxylic acids is 1. The van der Waals surface area contributed by atoms with E-state index in [-0.39, 0.29) is 39.9 Å². The van der Waals surface area contributed by atoms with Gasteiger partial charge in [0, 0.05) is 18.7 Å². The Morgan fingerprint density at radius 1 is 0.903 bits per heavy atom. The van der Waals surface area contributed by atoms with Crippen LogP contribution < -0.4 is 4.72 Å². The van der Waals surface area contributed by atoms with Gasteiger partial charge in [-0.05, 0) is 48.5 Å². The second-order valence-corrected chi connectivity index (χ2v) is 12.6. The lowest BCUT2D eigenvalue weighted by Gasteiger charge is -2.26. The van der Waals surface area contributed by atoms with Crippen LogP contribution in [0.1, 0.15) is 15.9 Å². The van der Waals surface area contributed by atoms with Gasteiger partial charge in [0.1, 0.15) is 0 Å². The summed E-state index contributed by atoms with van der Waals surface area (Å²) in [5.74, 6) is -1.46. The summed E-state index contributed by atoms with van der Waals surface area (Å²) < 4.78 is 76.2. The maximum Gasteiger partial charge on any atom is 0.264 e. The third-order valence-electron chi connectivity index (χ3n) is 4.58. The van der Waals surface area contributed by atoms with Gasteiger partial charge in [0.2, 0.25) is 10.0 Å². The van der Waals surface area contributed by atoms with Gasteiger partial charge in [-0.3, -0.25) is 4.79 Å². The number of nitriles is 1. The van der Waals surface area contributed by atoms with Crippen LogP contribution in [0.15, 0.2) is 58.3 Å². The second kappa shape index (κ2) is 8.39. The van der Waals surface area contributed by atoms with Gasteiger partial charge < -0.3 is 0 Å². The summed E-state index contributed by atoms with van der Waals surface area (Å²) in [4.78, 5) is 11.7. The molecule has 1 aliphatic heterocycles. The van der Waals surface area contributed by atoms with E-state index in [1.165, 1.54) is 24.3 Å². The van der Waals surface area contributed by atoms with E-state index in [0.29, 0.717) is 5.56 Å². The standard InChI is InChI=1S/C18H17N3O7S3/c19-13-14-1-3-15(4-2-14)18(22)20-30(25,26)16-5-7-17(8-6-16)31(27,28)21-9-11-29(23,24)12-10-21/h1-8H,9-12H2,(H,20,22). The van der Waals surface area contributed by atoms with E-state index in [9.17, 15) is 30.0 Å². The molecule has 0 unspecified atom stereocenters. The quantitative estimate of drug-likeness (QED) is 0.627. The highest BCUT2D eigenvalue weighted by Crippen LogP contribution is 2.20. The van der Waals surface area contributed by atoms with Crippen LogP contribution in [0.5, 0.6) is 0 Å². The maximum atomic E-state index is 12.7. The lowest BCUT2D eigenvalue weighted by Crippen LogP contribution is -2.43. The lowest BCUT2D eigenvalue weighted by atomic mass is 10.1. The SMILES string of the molecule is N#Cc1ccc(C(=O)NS(=O)(=O)c2ccc(S(=O)(=O)N3CCS(=O)(=O)CC3)cc2)cc1. The van der Waals surface area contributed by atoms with E-state index in [2.05, 4.69) is 0 Å². The van der Waals surface area contributed by atoms with Crippen molar-refractivity contribution in [1.82, 2.24) is 9.03 Å². The number of hydrogen-bond acceptors (Lipinski definition) is 8. The van der Waals surface area contributed by atoms with E-state index in [0.717, 1.165) is 28.6 Å². The molecule has 1 N–H and O–H groups in total. The predicted octanol–water partition coefficient (Wildman–Crippen LogP) is 0.0961. The van der Waals surface area contributed by atoms with E-state index in [1.807, 2.05) is 10.8 Å². The molecule has 1 amide bonds. The highest BCUT2D eigenvalue weighted by atomic mass is 32.2. The van der Waals surface area contributed by atoms with Crippen molar-refractivity contribution in [2.45, 2.75) is 9.79 Å². The number of rotatable bonds is 5. The minimum absolute atomic E-state index is 0.0295. The van der Waals surface area contributed by atoms with Gasteiger partial charge >= 0.3 is 0 Å². The van der Waals surface area contributed by atoms with Crippen LogP contribution >= 0.6 is 0 Å². The molecular weight excluding hydrogens is 466 g/mol. The van der Waals surface area contributed by atoms with Gasteiger partial charge in [-0.15, -0.1) is 0 Å². The molecule has 0 aromatic heterocycles. The number of benzene rings is 2. The molecule has 0 bridgehead atoms. The molecule has 0 aliphatic carbocycles. The molecule has 1 aliphatic rings. The molecule has 0 saturated carbocycles. The van der Waals surface area contributed by atoms with Gasteiger partial charge in [0.05, 0.1) is 32.9 Å². The maximum absolute atomic E-state index is 12.7. The normalized spacial score (nSPS) is 16.9. The molecular formula is C18H17N3O7S3. The highest BCUT2D eigenvalue weighted by Gasteiger charge is 2.31. The van der Waals surface area contributed by atoms with Gasteiger partial charge in [-0.1, -0.05) is 0 Å². The Kier molecular flexibility index (Phi) is 6.19. The van der Waals surface area contributed by atoms with Crippen LogP contribution in [-0.4, -0.2) is 60.1 Å². The Bertz CT molecular complexity index is 1340. The van der Waals surface area contributed by atoms with Crippen LogP contribution in [0.4, 0.5) is 0 Å². The third-order valence-corrected chi connectivity index (χ3v) is 9.45. The first-order valence-corrected chi connectivity index (χ1v) is 13.6. The van der Waals surface area contributed by atoms with Crippen molar-refractivity contribution in [3.05, 3.63) is 59.7 Å². The largest absolute Gasteiger partial charge is 0.268 e. The Labute approximate surface area is 180 Å². The monoisotopic (exact) mass is 483 g/mol. The molecule has 2 aromatic rings. The second-order valence-electron chi connectivity index (χ2n) is 6.65. The third kappa shape index (κ3) is 5.10. The van der Waals surface area contributed by atoms with Crippen molar-refractivity contribution in [2.24, 2.45) is 0 Å². The van der Waals surface area contributed by atoms with Crippen molar-refractivity contribution in [1.29, 1.82) is 5.26 Å². The molecule has 0 atom stereocenters. The topological polar surface area (TPSA) is 159 Å². The molecule has 164 valence electrons. The first-order valence-electron chi connectivity index (χ1n) is 8.83. The van der Waals surface area contributed by atoms with Crippen LogP contribution in [0.25, 0.3) is 0 Å². The minimum Gasteiger partial charge on any atom is -0.268 e. The number of hydrogen-bond donors (Lipinski definition) is 1. The molecule has 0 spiro atoms. The van der Waals surface area contributed by atoms with Crippen molar-refractivity contribution in [3.8, 4) is 6.07 Å². The average Bonchev–Trinajstić information content (AvgIpc) is 2.73. The first kappa shape index (κ1) is 22.9. The van der Waals surface area contributed by atoms with Gasteiger partial charge in [-0.2, -0.15) is 9.57 Å². The minimum atomic E-state index is -4.28. The van der Waals surface area contributed by atoms with Crippen molar-refractivity contribution < 1.29 is 30.0 Å². The molecule has 13 heteroatoms. The fourth-order valence-corrected chi connectivity index (χ4v) is 6.66. The fourth-order valence-electron chi connectivity index (χ4n) is 2.81. The zero-order valence-corrected chi connectivity index (χ0v) is 18.4. The summed E-state index contributed by atoms with van der Waals surface area (Å²) in [6.45, 7) is -0.350. The van der Waals surface area contributed by atoms with Gasteiger partial charge in [-0.25, -0.2) is 30.0 Å². The molecule has 31 heavy (non-hydrogen) atoms. The molecule has 2 aromatic carbocycles. The molecule has 3 rings (SSSR count). The highest BCUT2D eigenvalue weighted by molar-refractivity contribution is 7.92. The Morgan fingerprint density at radius 2 is 1.42 bits per heavy atom. The van der Waals surface area contributed by atoms with Crippen LogP contribution in [-0.2, 0) is 29.9 Å². The van der Waals surface area contributed by atoms with Crippen molar-refractivity contribution in [3.63, 3.8) is 0 Å². The smallest absolute Gasteiger partial charge is 0.264 e. The number of nitrogens with zero attached hydrogens (tertiary/aromatic N) is 2. The molecule has 1 fully saturated rings. The molecule has 1 saturated heterocycles. The summed E-state index contributed by atoms with van der Waals surface area (Å²) in [6, 6.07) is 11.5. The number of amides is 1. The number of carbonyl (C=O) groups is 1. The lowest BCUT2D eigenvalue weighted by molar-refractivity contribution is 0.0981. The van der Waals surface area contributed by atoms with E-state index in [4.69, 9.17) is 5.26 Å². The first-order chi connectivity index (χ1) is 14.4. The molecule has 0 radical (unpaired) electrons. The summed E-state index contributed by atoms with van der Waals surface area (Å²) in [5.41, 5.74) is 0.337. The number of sulfonamides is 2. The summed E-state index contributed by atoms with van der Waals surface area (Å²) in [7, 11) is -11.5. The molecule has 1 heterocycles. The fraction of sp³-hybridized carbons (Fsp3) is 0.222.